The molecule has 0 atom stereocenters. The first-order valence-corrected chi connectivity index (χ1v) is 8.06. The minimum Gasteiger partial charge on any atom is -0.340 e. The second kappa shape index (κ2) is 5.21. The van der Waals surface area contributed by atoms with Gasteiger partial charge in [-0.25, -0.2) is 9.97 Å². The van der Waals surface area contributed by atoms with E-state index >= 15 is 0 Å². The van der Waals surface area contributed by atoms with Crippen molar-refractivity contribution < 1.29 is 0 Å². The highest BCUT2D eigenvalue weighted by atomic mass is 35.5. The van der Waals surface area contributed by atoms with E-state index in [9.17, 15) is 0 Å². The van der Waals surface area contributed by atoms with Crippen LogP contribution in [0.5, 0.6) is 0 Å². The molecular formula is C13H17ClN4S. The van der Waals surface area contributed by atoms with Crippen LogP contribution in [0.3, 0.4) is 0 Å². The summed E-state index contributed by atoms with van der Waals surface area (Å²) in [5.41, 5.74) is 1.02. The van der Waals surface area contributed by atoms with E-state index in [0.29, 0.717) is 11.1 Å². The summed E-state index contributed by atoms with van der Waals surface area (Å²) < 4.78 is 2.15. The number of hydrogen-bond acceptors (Lipinski definition) is 4. The standard InChI is InChI=1S/C13H17ClN4S/c1-9(2)12-15-8-10-7-11(14)16-13(18(10)12)17-3-5-19-6-4-17/h7-9H,3-6H2,1-2H3. The van der Waals surface area contributed by atoms with Gasteiger partial charge in [-0.15, -0.1) is 0 Å². The molecule has 1 fully saturated rings. The number of rotatable bonds is 2. The van der Waals surface area contributed by atoms with Crippen LogP contribution >= 0.6 is 23.4 Å². The summed E-state index contributed by atoms with van der Waals surface area (Å²) in [6, 6.07) is 1.88. The highest BCUT2D eigenvalue weighted by Crippen LogP contribution is 2.26. The fourth-order valence-electron chi connectivity index (χ4n) is 2.38. The third kappa shape index (κ3) is 2.41. The van der Waals surface area contributed by atoms with Crippen molar-refractivity contribution in [1.29, 1.82) is 0 Å². The second-order valence-electron chi connectivity index (χ2n) is 5.01. The van der Waals surface area contributed by atoms with Crippen molar-refractivity contribution in [1.82, 2.24) is 14.4 Å². The van der Waals surface area contributed by atoms with Gasteiger partial charge in [0.25, 0.3) is 0 Å². The first kappa shape index (κ1) is 13.1. The SMILES string of the molecule is CC(C)c1ncc2cc(Cl)nc(N3CCSCC3)n12. The molecule has 1 saturated heterocycles. The molecule has 0 N–H and O–H groups in total. The fraction of sp³-hybridized carbons (Fsp3) is 0.538. The van der Waals surface area contributed by atoms with E-state index in [1.807, 2.05) is 24.0 Å². The number of nitrogens with zero attached hydrogens (tertiary/aromatic N) is 4. The van der Waals surface area contributed by atoms with Crippen molar-refractivity contribution in [3.63, 3.8) is 0 Å². The molecule has 0 amide bonds. The first-order chi connectivity index (χ1) is 9.16. The maximum atomic E-state index is 6.15. The summed E-state index contributed by atoms with van der Waals surface area (Å²) in [6.45, 7) is 6.34. The number of fused-ring (bicyclic) bond motifs is 1. The van der Waals surface area contributed by atoms with Crippen molar-refractivity contribution in [2.75, 3.05) is 29.5 Å². The highest BCUT2D eigenvalue weighted by molar-refractivity contribution is 7.99. The van der Waals surface area contributed by atoms with E-state index in [1.54, 1.807) is 0 Å². The Morgan fingerprint density at radius 3 is 2.74 bits per heavy atom. The lowest BCUT2D eigenvalue weighted by Gasteiger charge is -2.28. The molecule has 0 unspecified atom stereocenters. The Balaban J connectivity index is 2.17. The predicted molar refractivity (Wildman–Crippen MR) is 81.6 cm³/mol. The molecule has 0 spiro atoms. The molecule has 19 heavy (non-hydrogen) atoms. The van der Waals surface area contributed by atoms with Crippen LogP contribution in [0.4, 0.5) is 5.95 Å². The molecule has 0 saturated carbocycles. The number of anilines is 1. The molecule has 0 bridgehead atoms. The van der Waals surface area contributed by atoms with Gasteiger partial charge in [0.1, 0.15) is 11.0 Å². The minimum atomic E-state index is 0.364. The molecule has 1 aliphatic heterocycles. The Kier molecular flexibility index (Phi) is 3.58. The number of aromatic nitrogens is 3. The number of imidazole rings is 1. The largest absolute Gasteiger partial charge is 0.340 e. The van der Waals surface area contributed by atoms with Gasteiger partial charge in [0, 0.05) is 36.6 Å². The monoisotopic (exact) mass is 296 g/mol. The second-order valence-corrected chi connectivity index (χ2v) is 6.62. The van der Waals surface area contributed by atoms with Crippen LogP contribution in [-0.4, -0.2) is 39.0 Å². The van der Waals surface area contributed by atoms with Crippen LogP contribution in [0.1, 0.15) is 25.6 Å². The van der Waals surface area contributed by atoms with E-state index < -0.39 is 0 Å². The van der Waals surface area contributed by atoms with Gasteiger partial charge >= 0.3 is 0 Å². The van der Waals surface area contributed by atoms with E-state index in [0.717, 1.165) is 41.9 Å². The van der Waals surface area contributed by atoms with Crippen LogP contribution in [0.25, 0.3) is 5.52 Å². The number of hydrogen-bond donors (Lipinski definition) is 0. The zero-order valence-corrected chi connectivity index (χ0v) is 12.7. The van der Waals surface area contributed by atoms with Crippen molar-refractivity contribution >= 4 is 34.8 Å². The van der Waals surface area contributed by atoms with Crippen molar-refractivity contribution in [3.8, 4) is 0 Å². The normalized spacial score (nSPS) is 16.5. The Hall–Kier alpha value is -0.940. The average Bonchev–Trinajstić information content (AvgIpc) is 2.82. The Morgan fingerprint density at radius 1 is 1.32 bits per heavy atom. The van der Waals surface area contributed by atoms with Crippen molar-refractivity contribution in [2.45, 2.75) is 19.8 Å². The van der Waals surface area contributed by atoms with Gasteiger partial charge in [-0.3, -0.25) is 4.40 Å². The third-order valence-corrected chi connectivity index (χ3v) is 4.44. The molecule has 102 valence electrons. The van der Waals surface area contributed by atoms with Gasteiger partial charge in [-0.2, -0.15) is 11.8 Å². The quantitative estimate of drug-likeness (QED) is 0.798. The van der Waals surface area contributed by atoms with Gasteiger partial charge in [-0.05, 0) is 0 Å². The summed E-state index contributed by atoms with van der Waals surface area (Å²) in [7, 11) is 0. The lowest BCUT2D eigenvalue weighted by molar-refractivity contribution is 0.736. The fourth-order valence-corrected chi connectivity index (χ4v) is 3.47. The van der Waals surface area contributed by atoms with Crippen LogP contribution < -0.4 is 4.90 Å². The van der Waals surface area contributed by atoms with Gasteiger partial charge < -0.3 is 4.90 Å². The zero-order valence-electron chi connectivity index (χ0n) is 11.1. The Morgan fingerprint density at radius 2 is 2.05 bits per heavy atom. The summed E-state index contributed by atoms with van der Waals surface area (Å²) in [4.78, 5) is 11.4. The molecule has 2 aromatic rings. The average molecular weight is 297 g/mol. The zero-order chi connectivity index (χ0) is 13.4. The van der Waals surface area contributed by atoms with Gasteiger partial charge in [0.15, 0.2) is 0 Å². The van der Waals surface area contributed by atoms with Crippen molar-refractivity contribution in [3.05, 3.63) is 23.2 Å². The summed E-state index contributed by atoms with van der Waals surface area (Å²) in [5.74, 6) is 4.63. The highest BCUT2D eigenvalue weighted by Gasteiger charge is 2.19. The molecule has 0 aromatic carbocycles. The molecule has 0 aliphatic carbocycles. The van der Waals surface area contributed by atoms with E-state index in [1.165, 1.54) is 0 Å². The van der Waals surface area contributed by atoms with Crippen LogP contribution in [0.2, 0.25) is 5.15 Å². The van der Waals surface area contributed by atoms with Crippen LogP contribution in [0.15, 0.2) is 12.3 Å². The molecule has 0 radical (unpaired) electrons. The number of thioether (sulfide) groups is 1. The molecule has 2 aromatic heterocycles. The topological polar surface area (TPSA) is 33.4 Å². The van der Waals surface area contributed by atoms with Crippen LogP contribution in [-0.2, 0) is 0 Å². The van der Waals surface area contributed by atoms with Gasteiger partial charge in [0.2, 0.25) is 5.95 Å². The van der Waals surface area contributed by atoms with E-state index in [-0.39, 0.29) is 0 Å². The lowest BCUT2D eigenvalue weighted by Crippen LogP contribution is -2.34. The minimum absolute atomic E-state index is 0.364. The molecule has 1 aliphatic rings. The maximum Gasteiger partial charge on any atom is 0.213 e. The maximum absolute atomic E-state index is 6.15. The lowest BCUT2D eigenvalue weighted by atomic mass is 10.2. The number of halogens is 1. The first-order valence-electron chi connectivity index (χ1n) is 6.53. The smallest absolute Gasteiger partial charge is 0.213 e. The van der Waals surface area contributed by atoms with Gasteiger partial charge in [-0.1, -0.05) is 25.4 Å². The molecule has 3 heterocycles. The van der Waals surface area contributed by atoms with E-state index in [2.05, 4.69) is 33.1 Å². The third-order valence-electron chi connectivity index (χ3n) is 3.30. The summed E-state index contributed by atoms with van der Waals surface area (Å²) in [5, 5.41) is 0.538. The summed E-state index contributed by atoms with van der Waals surface area (Å²) >= 11 is 8.14. The Labute approximate surface area is 122 Å². The van der Waals surface area contributed by atoms with Crippen molar-refractivity contribution in [2.24, 2.45) is 0 Å². The van der Waals surface area contributed by atoms with Crippen LogP contribution in [0, 0.1) is 0 Å². The predicted octanol–water partition coefficient (Wildman–Crippen LogP) is 3.06. The molecular weight excluding hydrogens is 280 g/mol. The Bertz CT molecular complexity index is 590. The molecule has 4 nitrogen and oxygen atoms in total. The molecule has 6 heteroatoms. The molecule has 3 rings (SSSR count). The summed E-state index contributed by atoms with van der Waals surface area (Å²) in [6.07, 6.45) is 1.88. The van der Waals surface area contributed by atoms with Gasteiger partial charge in [0.05, 0.1) is 11.7 Å². The van der Waals surface area contributed by atoms with E-state index in [4.69, 9.17) is 11.6 Å².